The number of amides is 1. The molecule has 5 heteroatoms. The van der Waals surface area contributed by atoms with Gasteiger partial charge in [0, 0.05) is 10.7 Å². The van der Waals surface area contributed by atoms with E-state index < -0.39 is 0 Å². The number of carbonyl (C=O) groups excluding carboxylic acids is 1. The molecule has 2 N–H and O–H groups in total. The predicted molar refractivity (Wildman–Crippen MR) is 125 cm³/mol. The summed E-state index contributed by atoms with van der Waals surface area (Å²) >= 11 is 6.00. The van der Waals surface area contributed by atoms with E-state index in [0.717, 1.165) is 22.4 Å². The van der Waals surface area contributed by atoms with Gasteiger partial charge in [-0.25, -0.2) is 5.43 Å². The van der Waals surface area contributed by atoms with Crippen LogP contribution in [-0.2, 0) is 4.79 Å². The number of hydrogen-bond donors (Lipinski definition) is 2. The Labute approximate surface area is 179 Å². The molecule has 0 fully saturated rings. The van der Waals surface area contributed by atoms with Crippen molar-refractivity contribution in [3.05, 3.63) is 69.8 Å². The zero-order valence-electron chi connectivity index (χ0n) is 17.8. The van der Waals surface area contributed by atoms with Gasteiger partial charge in [0.1, 0.15) is 6.04 Å². The maximum Gasteiger partial charge on any atom is 0.262 e. The number of aryl methyl sites for hydroxylation is 1. The van der Waals surface area contributed by atoms with E-state index in [-0.39, 0.29) is 11.9 Å². The Morgan fingerprint density at radius 3 is 2.45 bits per heavy atom. The molecule has 0 saturated carbocycles. The quantitative estimate of drug-likeness (QED) is 0.403. The summed E-state index contributed by atoms with van der Waals surface area (Å²) in [6, 6.07) is 13.6. The lowest BCUT2D eigenvalue weighted by atomic mass is 10.0. The molecule has 2 rings (SSSR count). The summed E-state index contributed by atoms with van der Waals surface area (Å²) < 4.78 is 0. The zero-order chi connectivity index (χ0) is 21.4. The van der Waals surface area contributed by atoms with Crippen LogP contribution < -0.4 is 10.7 Å². The normalized spacial score (nSPS) is 13.0. The molecule has 1 unspecified atom stereocenters. The number of rotatable bonds is 8. The van der Waals surface area contributed by atoms with Crippen molar-refractivity contribution in [1.29, 1.82) is 0 Å². The van der Waals surface area contributed by atoms with Gasteiger partial charge in [-0.1, -0.05) is 62.7 Å². The molecule has 2 aromatic carbocycles. The Morgan fingerprint density at radius 2 is 1.86 bits per heavy atom. The second kappa shape index (κ2) is 10.8. The maximum atomic E-state index is 12.5. The number of nitrogens with zero attached hydrogens (tertiary/aromatic N) is 1. The molecule has 0 saturated heterocycles. The van der Waals surface area contributed by atoms with E-state index in [1.54, 1.807) is 6.21 Å². The third-order valence-electron chi connectivity index (χ3n) is 4.68. The van der Waals surface area contributed by atoms with Crippen LogP contribution in [0.3, 0.4) is 0 Å². The van der Waals surface area contributed by atoms with Gasteiger partial charge in [-0.3, -0.25) is 4.79 Å². The monoisotopic (exact) mass is 411 g/mol. The molecule has 4 nitrogen and oxygen atoms in total. The Bertz CT molecular complexity index is 885. The second-order valence-electron chi connectivity index (χ2n) is 7.51. The van der Waals surface area contributed by atoms with E-state index in [1.807, 2.05) is 45.0 Å². The largest absolute Gasteiger partial charge is 0.373 e. The van der Waals surface area contributed by atoms with Crippen LogP contribution >= 0.6 is 11.6 Å². The molecular weight excluding hydrogens is 382 g/mol. The SMILES string of the molecule is CCC(Nc1ccc(Cl)cc1C)C(=O)NN=C/C(C)=C\c1ccc(C(C)C)cc1. The number of nitrogens with one attached hydrogen (secondary N) is 2. The van der Waals surface area contributed by atoms with Crippen molar-refractivity contribution in [2.45, 2.75) is 53.0 Å². The number of halogens is 1. The number of hydrazone groups is 1. The molecule has 0 spiro atoms. The van der Waals surface area contributed by atoms with Gasteiger partial charge < -0.3 is 5.32 Å². The topological polar surface area (TPSA) is 53.5 Å². The first-order chi connectivity index (χ1) is 13.8. The summed E-state index contributed by atoms with van der Waals surface area (Å²) in [5, 5.41) is 8.04. The average Bonchev–Trinajstić information content (AvgIpc) is 2.67. The van der Waals surface area contributed by atoms with Crippen LogP contribution in [0.2, 0.25) is 5.02 Å². The van der Waals surface area contributed by atoms with Gasteiger partial charge in [0.2, 0.25) is 0 Å². The summed E-state index contributed by atoms with van der Waals surface area (Å²) in [5.74, 6) is 0.342. The molecule has 0 aliphatic heterocycles. The summed E-state index contributed by atoms with van der Waals surface area (Å²) in [4.78, 5) is 12.5. The zero-order valence-corrected chi connectivity index (χ0v) is 18.5. The number of hydrogen-bond acceptors (Lipinski definition) is 3. The molecule has 1 amide bonds. The number of allylic oxidation sites excluding steroid dienone is 1. The van der Waals surface area contributed by atoms with Crippen LogP contribution in [0.25, 0.3) is 6.08 Å². The first-order valence-corrected chi connectivity index (χ1v) is 10.3. The number of anilines is 1. The number of carbonyl (C=O) groups is 1. The molecule has 0 radical (unpaired) electrons. The van der Waals surface area contributed by atoms with Crippen molar-refractivity contribution in [2.24, 2.45) is 5.10 Å². The average molecular weight is 412 g/mol. The van der Waals surface area contributed by atoms with Gasteiger partial charge in [-0.2, -0.15) is 5.10 Å². The molecule has 0 bridgehead atoms. The van der Waals surface area contributed by atoms with E-state index in [0.29, 0.717) is 17.4 Å². The fourth-order valence-corrected chi connectivity index (χ4v) is 3.11. The lowest BCUT2D eigenvalue weighted by Gasteiger charge is -2.18. The van der Waals surface area contributed by atoms with Crippen LogP contribution in [0.5, 0.6) is 0 Å². The van der Waals surface area contributed by atoms with Crippen molar-refractivity contribution in [3.63, 3.8) is 0 Å². The minimum atomic E-state index is -0.375. The molecule has 2 aromatic rings. The summed E-state index contributed by atoms with van der Waals surface area (Å²) in [6.45, 7) is 10.2. The molecule has 154 valence electrons. The minimum absolute atomic E-state index is 0.174. The first-order valence-electron chi connectivity index (χ1n) is 9.94. The Balaban J connectivity index is 1.95. The number of benzene rings is 2. The lowest BCUT2D eigenvalue weighted by molar-refractivity contribution is -0.121. The van der Waals surface area contributed by atoms with Crippen molar-refractivity contribution in [2.75, 3.05) is 5.32 Å². The summed E-state index contributed by atoms with van der Waals surface area (Å²) in [7, 11) is 0. The highest BCUT2D eigenvalue weighted by Crippen LogP contribution is 2.21. The summed E-state index contributed by atoms with van der Waals surface area (Å²) in [5.41, 5.74) is 7.89. The fraction of sp³-hybridized carbons (Fsp3) is 0.333. The van der Waals surface area contributed by atoms with Crippen molar-refractivity contribution >= 4 is 35.5 Å². The van der Waals surface area contributed by atoms with Crippen molar-refractivity contribution in [1.82, 2.24) is 5.43 Å². The molecule has 1 atom stereocenters. The molecule has 0 heterocycles. The van der Waals surface area contributed by atoms with E-state index >= 15 is 0 Å². The highest BCUT2D eigenvalue weighted by Gasteiger charge is 2.16. The first kappa shape index (κ1) is 22.7. The molecule has 0 aliphatic carbocycles. The Morgan fingerprint density at radius 1 is 1.17 bits per heavy atom. The van der Waals surface area contributed by atoms with Crippen LogP contribution in [0.15, 0.2) is 53.1 Å². The van der Waals surface area contributed by atoms with Gasteiger partial charge in [-0.15, -0.1) is 0 Å². The Hall–Kier alpha value is -2.59. The lowest BCUT2D eigenvalue weighted by Crippen LogP contribution is -2.37. The van der Waals surface area contributed by atoms with E-state index in [9.17, 15) is 4.79 Å². The van der Waals surface area contributed by atoms with E-state index in [4.69, 9.17) is 11.6 Å². The standard InChI is InChI=1S/C24H30ClN3O/c1-6-22(27-23-12-11-21(25)14-18(23)5)24(29)28-26-15-17(4)13-19-7-9-20(10-8-19)16(2)3/h7-16,22,27H,6H2,1-5H3,(H,28,29)/b17-13-,26-15?. The van der Waals surface area contributed by atoms with Gasteiger partial charge in [-0.05, 0) is 66.6 Å². The van der Waals surface area contributed by atoms with Crippen LogP contribution in [0.1, 0.15) is 56.7 Å². The van der Waals surface area contributed by atoms with E-state index in [2.05, 4.69) is 54.0 Å². The van der Waals surface area contributed by atoms with Gasteiger partial charge in [0.25, 0.3) is 5.91 Å². The third-order valence-corrected chi connectivity index (χ3v) is 4.92. The highest BCUT2D eigenvalue weighted by molar-refractivity contribution is 6.30. The highest BCUT2D eigenvalue weighted by atomic mass is 35.5. The Kier molecular flexibility index (Phi) is 8.47. The van der Waals surface area contributed by atoms with Crippen LogP contribution in [0, 0.1) is 6.92 Å². The molecular formula is C24H30ClN3O. The second-order valence-corrected chi connectivity index (χ2v) is 7.94. The fourth-order valence-electron chi connectivity index (χ4n) is 2.88. The predicted octanol–water partition coefficient (Wildman–Crippen LogP) is 6.17. The van der Waals surface area contributed by atoms with Crippen LogP contribution in [-0.4, -0.2) is 18.2 Å². The molecule has 29 heavy (non-hydrogen) atoms. The molecule has 0 aromatic heterocycles. The van der Waals surface area contributed by atoms with Gasteiger partial charge in [0.05, 0.1) is 6.21 Å². The van der Waals surface area contributed by atoms with Gasteiger partial charge in [0.15, 0.2) is 0 Å². The molecule has 0 aliphatic rings. The maximum absolute atomic E-state index is 12.5. The van der Waals surface area contributed by atoms with Crippen molar-refractivity contribution in [3.8, 4) is 0 Å². The minimum Gasteiger partial charge on any atom is -0.373 e. The third kappa shape index (κ3) is 7.06. The van der Waals surface area contributed by atoms with Gasteiger partial charge >= 0.3 is 0 Å². The smallest absolute Gasteiger partial charge is 0.262 e. The van der Waals surface area contributed by atoms with E-state index in [1.165, 1.54) is 5.56 Å². The summed E-state index contributed by atoms with van der Waals surface area (Å²) in [6.07, 6.45) is 4.33. The van der Waals surface area contributed by atoms with Crippen LogP contribution in [0.4, 0.5) is 5.69 Å². The van der Waals surface area contributed by atoms with Crippen molar-refractivity contribution < 1.29 is 4.79 Å².